The summed E-state index contributed by atoms with van der Waals surface area (Å²) in [7, 11) is 0. The first-order valence-electron chi connectivity index (χ1n) is 8.94. The molecule has 1 aliphatic carbocycles. The Bertz CT molecular complexity index is 921. The van der Waals surface area contributed by atoms with E-state index in [2.05, 4.69) is 5.32 Å². The summed E-state index contributed by atoms with van der Waals surface area (Å²) < 4.78 is 11.0. The fraction of sp³-hybridized carbons (Fsp3) is 0.350. The first kappa shape index (κ1) is 19.6. The molecule has 8 heteroatoms. The number of fused-ring (bicyclic) bond motifs is 1. The molecule has 148 valence electrons. The van der Waals surface area contributed by atoms with Crippen molar-refractivity contribution >= 4 is 40.7 Å². The highest BCUT2D eigenvalue weighted by Crippen LogP contribution is 2.50. The zero-order valence-electron chi connectivity index (χ0n) is 14.8. The van der Waals surface area contributed by atoms with Crippen molar-refractivity contribution in [1.29, 1.82) is 0 Å². The van der Waals surface area contributed by atoms with Gasteiger partial charge in [0.15, 0.2) is 11.5 Å². The minimum Gasteiger partial charge on any atom is -0.486 e. The number of carbonyl (C=O) groups excluding carboxylic acids is 1. The lowest BCUT2D eigenvalue weighted by Crippen LogP contribution is -2.30. The van der Waals surface area contributed by atoms with E-state index in [1.165, 1.54) is 0 Å². The number of aliphatic hydroxyl groups excluding tert-OH is 1. The number of amides is 1. The van der Waals surface area contributed by atoms with Crippen molar-refractivity contribution in [2.24, 2.45) is 5.92 Å². The number of halogens is 3. The lowest BCUT2D eigenvalue weighted by atomic mass is 10.1. The summed E-state index contributed by atoms with van der Waals surface area (Å²) in [5.41, 5.74) is 1.48. The highest BCUT2D eigenvalue weighted by atomic mass is 35.5. The fourth-order valence-corrected chi connectivity index (χ4v) is 4.22. The third kappa shape index (κ3) is 4.03. The van der Waals surface area contributed by atoms with Crippen molar-refractivity contribution in [3.05, 3.63) is 56.5 Å². The van der Waals surface area contributed by atoms with Gasteiger partial charge in [-0.25, -0.2) is 0 Å². The van der Waals surface area contributed by atoms with Gasteiger partial charge in [-0.05, 0) is 47.7 Å². The topological polar surface area (TPSA) is 67.8 Å². The second kappa shape index (κ2) is 7.99. The van der Waals surface area contributed by atoms with E-state index in [1.54, 1.807) is 24.3 Å². The van der Waals surface area contributed by atoms with Crippen LogP contribution < -0.4 is 14.8 Å². The average Bonchev–Trinajstić information content (AvgIpc) is 3.46. The normalized spacial score (nSPS) is 21.1. The van der Waals surface area contributed by atoms with E-state index in [1.807, 2.05) is 6.07 Å². The molecule has 0 bridgehead atoms. The number of carbonyl (C=O) groups is 1. The second-order valence-corrected chi connectivity index (χ2v) is 8.15. The molecule has 2 N–H and O–H groups in total. The average molecular weight is 443 g/mol. The molecular formula is C20H18Cl3NO4. The maximum absolute atomic E-state index is 12.4. The van der Waals surface area contributed by atoms with Crippen LogP contribution in [0.15, 0.2) is 30.3 Å². The number of rotatable bonds is 5. The van der Waals surface area contributed by atoms with Gasteiger partial charge in [-0.3, -0.25) is 4.79 Å². The third-order valence-electron chi connectivity index (χ3n) is 4.96. The number of hydrogen-bond acceptors (Lipinski definition) is 4. The molecule has 0 spiro atoms. The summed E-state index contributed by atoms with van der Waals surface area (Å²) in [5.74, 6) is 0.784. The molecule has 1 saturated carbocycles. The number of hydrogen-bond donors (Lipinski definition) is 2. The highest BCUT2D eigenvalue weighted by molar-refractivity contribution is 6.35. The molecule has 3 atom stereocenters. The lowest BCUT2D eigenvalue weighted by molar-refractivity contribution is -0.122. The van der Waals surface area contributed by atoms with E-state index in [0.29, 0.717) is 45.3 Å². The molecule has 0 radical (unpaired) electrons. The molecule has 2 aromatic carbocycles. The maximum Gasteiger partial charge on any atom is 0.223 e. The molecule has 0 saturated heterocycles. The summed E-state index contributed by atoms with van der Waals surface area (Å²) in [5, 5.41) is 14.8. The molecule has 1 aliphatic heterocycles. The first-order valence-corrected chi connectivity index (χ1v) is 10.1. The molecular weight excluding hydrogens is 425 g/mol. The fourth-order valence-electron chi connectivity index (χ4n) is 3.40. The van der Waals surface area contributed by atoms with Crippen molar-refractivity contribution in [1.82, 2.24) is 5.32 Å². The molecule has 1 amide bonds. The molecule has 1 heterocycles. The summed E-state index contributed by atoms with van der Waals surface area (Å²) in [6, 6.07) is 8.62. The van der Waals surface area contributed by atoms with Crippen molar-refractivity contribution in [2.45, 2.75) is 18.4 Å². The van der Waals surface area contributed by atoms with Crippen LogP contribution >= 0.6 is 34.8 Å². The largest absolute Gasteiger partial charge is 0.486 e. The molecule has 1 fully saturated rings. The van der Waals surface area contributed by atoms with Gasteiger partial charge in [0, 0.05) is 22.5 Å². The quantitative estimate of drug-likeness (QED) is 0.721. The molecule has 2 aromatic rings. The SMILES string of the molecule is O=C(NCC(O)c1cc(Cl)c2c(c1)OCCO2)[C@@H]1C[C@H]1c1ccc(Cl)cc1Cl. The maximum atomic E-state index is 12.4. The van der Waals surface area contributed by atoms with Gasteiger partial charge in [-0.15, -0.1) is 0 Å². The summed E-state index contributed by atoms with van der Waals surface area (Å²) >= 11 is 18.3. The van der Waals surface area contributed by atoms with Crippen molar-refractivity contribution < 1.29 is 19.4 Å². The van der Waals surface area contributed by atoms with Gasteiger partial charge >= 0.3 is 0 Å². The number of benzene rings is 2. The Hall–Kier alpha value is -1.66. The molecule has 4 rings (SSSR count). The summed E-state index contributed by atoms with van der Waals surface area (Å²) in [6.07, 6.45) is -0.187. The second-order valence-electron chi connectivity index (χ2n) is 6.90. The van der Waals surface area contributed by atoms with Gasteiger partial charge in [0.2, 0.25) is 5.91 Å². The van der Waals surface area contributed by atoms with E-state index in [9.17, 15) is 9.90 Å². The minimum absolute atomic E-state index is 0.0747. The van der Waals surface area contributed by atoms with Crippen LogP contribution in [0.1, 0.15) is 29.6 Å². The van der Waals surface area contributed by atoms with Crippen molar-refractivity contribution in [3.63, 3.8) is 0 Å². The van der Waals surface area contributed by atoms with Gasteiger partial charge in [-0.1, -0.05) is 40.9 Å². The molecule has 1 unspecified atom stereocenters. The van der Waals surface area contributed by atoms with Gasteiger partial charge < -0.3 is 19.9 Å². The Morgan fingerprint density at radius 3 is 2.71 bits per heavy atom. The van der Waals surface area contributed by atoms with Gasteiger partial charge in [0.1, 0.15) is 13.2 Å². The predicted molar refractivity (Wildman–Crippen MR) is 108 cm³/mol. The molecule has 28 heavy (non-hydrogen) atoms. The standard InChI is InChI=1S/C20H18Cl3NO4/c21-11-1-2-12(15(22)7-11)13-8-14(13)20(26)24-9-17(25)10-5-16(23)19-18(6-10)27-3-4-28-19/h1-2,5-7,13-14,17,25H,3-4,8-9H2,(H,24,26)/t13-,14+,17?/m0/s1. The Morgan fingerprint density at radius 1 is 1.14 bits per heavy atom. The number of ether oxygens (including phenoxy) is 2. The van der Waals surface area contributed by atoms with Crippen LogP contribution in [0, 0.1) is 5.92 Å². The lowest BCUT2D eigenvalue weighted by Gasteiger charge is -2.21. The smallest absolute Gasteiger partial charge is 0.223 e. The van der Waals surface area contributed by atoms with Gasteiger partial charge in [-0.2, -0.15) is 0 Å². The van der Waals surface area contributed by atoms with E-state index < -0.39 is 6.10 Å². The van der Waals surface area contributed by atoms with Gasteiger partial charge in [0.05, 0.1) is 11.1 Å². The van der Waals surface area contributed by atoms with Crippen LogP contribution in [0.4, 0.5) is 0 Å². The summed E-state index contributed by atoms with van der Waals surface area (Å²) in [6.45, 7) is 0.938. The highest BCUT2D eigenvalue weighted by Gasteiger charge is 2.44. The Morgan fingerprint density at radius 2 is 1.93 bits per heavy atom. The number of nitrogens with one attached hydrogen (secondary N) is 1. The molecule has 0 aromatic heterocycles. The van der Waals surface area contributed by atoms with Crippen LogP contribution in [0.25, 0.3) is 0 Å². The van der Waals surface area contributed by atoms with Crippen molar-refractivity contribution in [3.8, 4) is 11.5 Å². The van der Waals surface area contributed by atoms with E-state index in [0.717, 1.165) is 12.0 Å². The predicted octanol–water partition coefficient (Wildman–Crippen LogP) is 4.37. The molecule has 2 aliphatic rings. The van der Waals surface area contributed by atoms with Crippen LogP contribution in [-0.2, 0) is 4.79 Å². The van der Waals surface area contributed by atoms with E-state index in [4.69, 9.17) is 44.3 Å². The number of aliphatic hydroxyl groups is 1. The Kier molecular flexibility index (Phi) is 5.61. The van der Waals surface area contributed by atoms with Crippen LogP contribution in [0.3, 0.4) is 0 Å². The molecule has 5 nitrogen and oxygen atoms in total. The van der Waals surface area contributed by atoms with Crippen LogP contribution in [0.2, 0.25) is 15.1 Å². The zero-order chi connectivity index (χ0) is 19.8. The zero-order valence-corrected chi connectivity index (χ0v) is 17.0. The Balaban J connectivity index is 1.36. The van der Waals surface area contributed by atoms with Crippen molar-refractivity contribution in [2.75, 3.05) is 19.8 Å². The monoisotopic (exact) mass is 441 g/mol. The first-order chi connectivity index (χ1) is 13.4. The van der Waals surface area contributed by atoms with E-state index >= 15 is 0 Å². The Labute approximate surface area is 177 Å². The summed E-state index contributed by atoms with van der Waals surface area (Å²) in [4.78, 5) is 12.4. The van der Waals surface area contributed by atoms with E-state index in [-0.39, 0.29) is 24.3 Å². The minimum atomic E-state index is -0.909. The van der Waals surface area contributed by atoms with Gasteiger partial charge in [0.25, 0.3) is 0 Å². The van der Waals surface area contributed by atoms with Crippen LogP contribution in [-0.4, -0.2) is 30.8 Å². The van der Waals surface area contributed by atoms with Crippen LogP contribution in [0.5, 0.6) is 11.5 Å². The third-order valence-corrected chi connectivity index (χ3v) is 5.81.